The van der Waals surface area contributed by atoms with Crippen LogP contribution in [-0.4, -0.2) is 49.0 Å². The fourth-order valence-electron chi connectivity index (χ4n) is 3.29. The van der Waals surface area contributed by atoms with Crippen LogP contribution in [-0.2, 0) is 5.60 Å². The highest BCUT2D eigenvalue weighted by atomic mass is 16.3. The Hall–Kier alpha value is -2.67. The number of fused-ring (bicyclic) bond motifs is 1. The number of carbonyl (C=O) groups is 1. The molecule has 0 saturated carbocycles. The van der Waals surface area contributed by atoms with Crippen molar-refractivity contribution in [1.29, 1.82) is 0 Å². The van der Waals surface area contributed by atoms with Gasteiger partial charge in [-0.05, 0) is 38.1 Å². The van der Waals surface area contributed by atoms with Crippen LogP contribution in [0.5, 0.6) is 0 Å². The fraction of sp³-hybridized carbons (Fsp3) is 0.389. The molecule has 25 heavy (non-hydrogen) atoms. The number of hydrogen-bond acceptors (Lipinski definition) is 4. The molecule has 130 valence electrons. The van der Waals surface area contributed by atoms with Crippen molar-refractivity contribution in [3.8, 4) is 0 Å². The fourth-order valence-corrected chi connectivity index (χ4v) is 3.29. The topological polar surface area (TPSA) is 87.0 Å². The van der Waals surface area contributed by atoms with Crippen LogP contribution in [0.3, 0.4) is 0 Å². The second kappa shape index (κ2) is 5.70. The van der Waals surface area contributed by atoms with Gasteiger partial charge in [0.25, 0.3) is 5.91 Å². The number of nitrogens with one attached hydrogen (secondary N) is 1. The number of nitrogens with zero attached hydrogens (tertiary/aromatic N) is 4. The summed E-state index contributed by atoms with van der Waals surface area (Å²) in [5.74, 6) is -0.0738. The van der Waals surface area contributed by atoms with Crippen molar-refractivity contribution >= 4 is 16.8 Å². The van der Waals surface area contributed by atoms with E-state index in [4.69, 9.17) is 0 Å². The van der Waals surface area contributed by atoms with Crippen LogP contribution in [0.2, 0.25) is 0 Å². The smallest absolute Gasteiger partial charge is 0.253 e. The van der Waals surface area contributed by atoms with Gasteiger partial charge in [-0.15, -0.1) is 5.10 Å². The number of aliphatic hydroxyl groups is 1. The number of rotatable bonds is 3. The predicted molar refractivity (Wildman–Crippen MR) is 93.1 cm³/mol. The van der Waals surface area contributed by atoms with E-state index in [1.165, 1.54) is 0 Å². The zero-order chi connectivity index (χ0) is 17.6. The summed E-state index contributed by atoms with van der Waals surface area (Å²) in [4.78, 5) is 17.6. The maximum absolute atomic E-state index is 12.8. The molecular weight excluding hydrogens is 318 g/mol. The molecule has 1 aliphatic heterocycles. The summed E-state index contributed by atoms with van der Waals surface area (Å²) in [6.45, 7) is 4.73. The van der Waals surface area contributed by atoms with Crippen molar-refractivity contribution < 1.29 is 9.90 Å². The van der Waals surface area contributed by atoms with Crippen LogP contribution >= 0.6 is 0 Å². The minimum absolute atomic E-state index is 0.0738. The standard InChI is InChI=1S/C18H21N5O2/c1-12(2)23-10-16(20-21-23)18(25)6-8-22(11-18)17(24)14-3-4-15-13(9-14)5-7-19-15/h3-5,7,9-10,12,19,25H,6,8,11H2,1-2H3/t18-/m0/s1. The first-order valence-electron chi connectivity index (χ1n) is 8.47. The van der Waals surface area contributed by atoms with Crippen LogP contribution in [0.15, 0.2) is 36.7 Å². The van der Waals surface area contributed by atoms with Crippen LogP contribution in [0.4, 0.5) is 0 Å². The lowest BCUT2D eigenvalue weighted by atomic mass is 10.00. The number of H-pyrrole nitrogens is 1. The summed E-state index contributed by atoms with van der Waals surface area (Å²) in [6, 6.07) is 7.71. The van der Waals surface area contributed by atoms with Gasteiger partial charge in [-0.2, -0.15) is 0 Å². The van der Waals surface area contributed by atoms with Crippen molar-refractivity contribution in [3.63, 3.8) is 0 Å². The van der Waals surface area contributed by atoms with Gasteiger partial charge in [-0.3, -0.25) is 4.79 Å². The predicted octanol–water partition coefficient (Wildman–Crippen LogP) is 2.07. The first-order chi connectivity index (χ1) is 12.0. The molecule has 1 atom stereocenters. The second-order valence-corrected chi connectivity index (χ2v) is 6.97. The summed E-state index contributed by atoms with van der Waals surface area (Å²) in [7, 11) is 0. The van der Waals surface area contributed by atoms with E-state index in [9.17, 15) is 9.90 Å². The number of β-amino-alcohol motifs (C(OH)–C–C–N with tert-alkyl or cyclic N) is 1. The lowest BCUT2D eigenvalue weighted by Gasteiger charge is -2.21. The molecule has 0 aliphatic carbocycles. The molecule has 1 saturated heterocycles. The van der Waals surface area contributed by atoms with Gasteiger partial charge in [0.2, 0.25) is 0 Å². The van der Waals surface area contributed by atoms with E-state index < -0.39 is 5.60 Å². The largest absolute Gasteiger partial charge is 0.381 e. The number of amides is 1. The summed E-state index contributed by atoms with van der Waals surface area (Å²) in [5.41, 5.74) is 1.01. The van der Waals surface area contributed by atoms with Crippen molar-refractivity contribution in [1.82, 2.24) is 24.9 Å². The summed E-state index contributed by atoms with van der Waals surface area (Å²) >= 11 is 0. The second-order valence-electron chi connectivity index (χ2n) is 6.97. The molecule has 0 spiro atoms. The van der Waals surface area contributed by atoms with Crippen molar-refractivity contribution in [2.45, 2.75) is 31.9 Å². The Morgan fingerprint density at radius 2 is 2.20 bits per heavy atom. The average molecular weight is 339 g/mol. The van der Waals surface area contributed by atoms with Gasteiger partial charge in [0, 0.05) is 41.7 Å². The molecule has 2 aromatic heterocycles. The average Bonchev–Trinajstić information content (AvgIpc) is 3.32. The molecule has 1 aromatic carbocycles. The third-order valence-electron chi connectivity index (χ3n) is 4.85. The first-order valence-corrected chi connectivity index (χ1v) is 8.47. The SMILES string of the molecule is CC(C)n1cc([C@]2(O)CCN(C(=O)c3ccc4[nH]ccc4c3)C2)nn1. The number of aromatic nitrogens is 4. The summed E-state index contributed by atoms with van der Waals surface area (Å²) in [5, 5.41) is 20.1. The van der Waals surface area contributed by atoms with Crippen molar-refractivity contribution in [3.05, 3.63) is 47.9 Å². The molecule has 3 heterocycles. The van der Waals surface area contributed by atoms with Gasteiger partial charge in [0.05, 0.1) is 12.7 Å². The van der Waals surface area contributed by atoms with Gasteiger partial charge in [0.1, 0.15) is 11.3 Å². The number of hydrogen-bond donors (Lipinski definition) is 2. The monoisotopic (exact) mass is 339 g/mol. The van der Waals surface area contributed by atoms with Crippen LogP contribution in [0.25, 0.3) is 10.9 Å². The van der Waals surface area contributed by atoms with Crippen LogP contribution in [0, 0.1) is 0 Å². The third-order valence-corrected chi connectivity index (χ3v) is 4.85. The van der Waals surface area contributed by atoms with Gasteiger partial charge in [-0.25, -0.2) is 4.68 Å². The maximum atomic E-state index is 12.8. The van der Waals surface area contributed by atoms with Crippen molar-refractivity contribution in [2.24, 2.45) is 0 Å². The molecule has 4 rings (SSSR count). The zero-order valence-corrected chi connectivity index (χ0v) is 14.3. The molecule has 3 aromatic rings. The number of benzene rings is 1. The van der Waals surface area contributed by atoms with Crippen LogP contribution in [0.1, 0.15) is 42.4 Å². The minimum atomic E-state index is -1.14. The molecule has 7 nitrogen and oxygen atoms in total. The van der Waals surface area contributed by atoms with E-state index in [0.29, 0.717) is 24.2 Å². The normalized spacial score (nSPS) is 20.7. The molecule has 0 bridgehead atoms. The minimum Gasteiger partial charge on any atom is -0.381 e. The Morgan fingerprint density at radius 1 is 1.36 bits per heavy atom. The molecule has 2 N–H and O–H groups in total. The lowest BCUT2D eigenvalue weighted by Crippen LogP contribution is -2.34. The Morgan fingerprint density at radius 3 is 2.96 bits per heavy atom. The van der Waals surface area contributed by atoms with Gasteiger partial charge in [0.15, 0.2) is 0 Å². The highest BCUT2D eigenvalue weighted by Crippen LogP contribution is 2.32. The van der Waals surface area contributed by atoms with Crippen molar-refractivity contribution in [2.75, 3.05) is 13.1 Å². The number of carbonyl (C=O) groups excluding carboxylic acids is 1. The quantitative estimate of drug-likeness (QED) is 0.765. The van der Waals surface area contributed by atoms with Gasteiger partial charge >= 0.3 is 0 Å². The third kappa shape index (κ3) is 2.70. The highest BCUT2D eigenvalue weighted by molar-refractivity contribution is 5.98. The van der Waals surface area contributed by atoms with Crippen LogP contribution < -0.4 is 0 Å². The summed E-state index contributed by atoms with van der Waals surface area (Å²) in [6.07, 6.45) is 4.08. The van der Waals surface area contributed by atoms with E-state index in [-0.39, 0.29) is 18.5 Å². The number of likely N-dealkylation sites (tertiary alicyclic amines) is 1. The lowest BCUT2D eigenvalue weighted by molar-refractivity contribution is 0.0381. The first kappa shape index (κ1) is 15.8. The Labute approximate surface area is 145 Å². The Kier molecular flexibility index (Phi) is 3.61. The van der Waals surface area contributed by atoms with E-state index in [1.807, 2.05) is 44.3 Å². The molecule has 1 amide bonds. The number of aromatic amines is 1. The molecular formula is C18H21N5O2. The van der Waals surface area contributed by atoms with E-state index in [1.54, 1.807) is 15.8 Å². The van der Waals surface area contributed by atoms with E-state index in [0.717, 1.165) is 10.9 Å². The van der Waals surface area contributed by atoms with E-state index in [2.05, 4.69) is 15.3 Å². The summed E-state index contributed by atoms with van der Waals surface area (Å²) < 4.78 is 1.72. The molecule has 0 unspecified atom stereocenters. The maximum Gasteiger partial charge on any atom is 0.253 e. The molecule has 1 aliphatic rings. The zero-order valence-electron chi connectivity index (χ0n) is 14.3. The Bertz CT molecular complexity index is 928. The Balaban J connectivity index is 1.55. The van der Waals surface area contributed by atoms with Gasteiger partial charge in [-0.1, -0.05) is 5.21 Å². The molecule has 0 radical (unpaired) electrons. The highest BCUT2D eigenvalue weighted by Gasteiger charge is 2.42. The molecule has 7 heteroatoms. The molecule has 1 fully saturated rings. The van der Waals surface area contributed by atoms with Gasteiger partial charge < -0.3 is 15.0 Å². The van der Waals surface area contributed by atoms with E-state index >= 15 is 0 Å².